The lowest BCUT2D eigenvalue weighted by Gasteiger charge is -2.10. The molecule has 0 spiro atoms. The molecule has 0 saturated heterocycles. The van der Waals surface area contributed by atoms with E-state index in [1.54, 1.807) is 6.07 Å². The number of carbonyl (C=O) groups is 2. The Balaban J connectivity index is 1.50. The fraction of sp³-hybridized carbons (Fsp3) is 0.190. The number of para-hydroxylation sites is 1. The second-order valence-corrected chi connectivity index (χ2v) is 6.08. The highest BCUT2D eigenvalue weighted by molar-refractivity contribution is 5.94. The van der Waals surface area contributed by atoms with Crippen molar-refractivity contribution in [2.24, 2.45) is 0 Å². The summed E-state index contributed by atoms with van der Waals surface area (Å²) in [6, 6.07) is 18.7. The van der Waals surface area contributed by atoms with Crippen molar-refractivity contribution in [2.45, 2.75) is 19.8 Å². The smallest absolute Gasteiger partial charge is 0.287 e. The molecule has 0 aliphatic rings. The molecule has 0 bridgehead atoms. The van der Waals surface area contributed by atoms with E-state index < -0.39 is 5.91 Å². The highest BCUT2D eigenvalue weighted by Gasteiger charge is 2.12. The van der Waals surface area contributed by atoms with E-state index in [-0.39, 0.29) is 18.0 Å². The normalized spacial score (nSPS) is 10.3. The molecule has 3 rings (SSSR count). The summed E-state index contributed by atoms with van der Waals surface area (Å²) >= 11 is 0. The summed E-state index contributed by atoms with van der Waals surface area (Å²) < 4.78 is 5.55. The molecule has 0 fully saturated rings. The van der Waals surface area contributed by atoms with E-state index in [4.69, 9.17) is 4.74 Å². The molecular formula is C21H22N4O3. The number of hydrogen-bond donors (Lipinski definition) is 3. The van der Waals surface area contributed by atoms with Crippen molar-refractivity contribution in [2.75, 3.05) is 6.61 Å². The molecule has 0 atom stereocenters. The number of ether oxygens (including phenoxy) is 1. The summed E-state index contributed by atoms with van der Waals surface area (Å²) in [7, 11) is 0. The number of amides is 2. The third-order valence-corrected chi connectivity index (χ3v) is 4.10. The molecule has 3 N–H and O–H groups in total. The van der Waals surface area contributed by atoms with Crippen molar-refractivity contribution < 1.29 is 14.3 Å². The molecule has 1 aromatic heterocycles. The Labute approximate surface area is 163 Å². The van der Waals surface area contributed by atoms with Crippen molar-refractivity contribution in [3.05, 3.63) is 71.9 Å². The van der Waals surface area contributed by atoms with Gasteiger partial charge in [-0.1, -0.05) is 48.5 Å². The summed E-state index contributed by atoms with van der Waals surface area (Å²) in [5.74, 6) is 0.0212. The summed E-state index contributed by atoms with van der Waals surface area (Å²) in [6.45, 7) is 2.48. The average molecular weight is 378 g/mol. The first-order valence-corrected chi connectivity index (χ1v) is 9.08. The Morgan fingerprint density at radius 2 is 1.79 bits per heavy atom. The van der Waals surface area contributed by atoms with Gasteiger partial charge < -0.3 is 4.74 Å². The summed E-state index contributed by atoms with van der Waals surface area (Å²) in [4.78, 5) is 24.2. The van der Waals surface area contributed by atoms with E-state index in [9.17, 15) is 9.59 Å². The van der Waals surface area contributed by atoms with E-state index in [0.29, 0.717) is 18.7 Å². The van der Waals surface area contributed by atoms with Gasteiger partial charge in [-0.15, -0.1) is 0 Å². The Morgan fingerprint density at radius 1 is 1.04 bits per heavy atom. The van der Waals surface area contributed by atoms with E-state index in [1.165, 1.54) is 0 Å². The lowest BCUT2D eigenvalue weighted by molar-refractivity contribution is -0.121. The molecule has 0 aliphatic heterocycles. The molecule has 0 unspecified atom stereocenters. The van der Waals surface area contributed by atoms with Crippen LogP contribution in [0.3, 0.4) is 0 Å². The molecule has 3 aromatic rings. The standard InChI is InChI=1S/C21H22N4O3/c1-2-28-19-11-7-6-10-16(19)12-13-20(26)24-25-21(27)18-14-17(22-23-18)15-8-4-3-5-9-15/h3-11,14H,2,12-13H2,1H3,(H,22,23)(H,24,26)(H,25,27). The van der Waals surface area contributed by atoms with Crippen molar-refractivity contribution in [1.82, 2.24) is 21.0 Å². The van der Waals surface area contributed by atoms with E-state index in [2.05, 4.69) is 21.0 Å². The van der Waals surface area contributed by atoms with Crippen LogP contribution in [0.1, 0.15) is 29.4 Å². The second-order valence-electron chi connectivity index (χ2n) is 6.08. The summed E-state index contributed by atoms with van der Waals surface area (Å²) in [6.07, 6.45) is 0.739. The molecule has 2 aromatic carbocycles. The molecule has 0 radical (unpaired) electrons. The fourth-order valence-corrected chi connectivity index (χ4v) is 2.71. The topological polar surface area (TPSA) is 96.1 Å². The SMILES string of the molecule is CCOc1ccccc1CCC(=O)NNC(=O)c1cc(-c2ccccc2)n[nH]1. The van der Waals surface area contributed by atoms with Crippen molar-refractivity contribution >= 4 is 11.8 Å². The number of aromatic amines is 1. The highest BCUT2D eigenvalue weighted by Crippen LogP contribution is 2.19. The zero-order valence-electron chi connectivity index (χ0n) is 15.6. The Kier molecular flexibility index (Phi) is 6.41. The Hall–Kier alpha value is -3.61. The van der Waals surface area contributed by atoms with Crippen LogP contribution in [0.4, 0.5) is 0 Å². The minimum atomic E-state index is -0.460. The van der Waals surface area contributed by atoms with Crippen LogP contribution < -0.4 is 15.6 Å². The largest absolute Gasteiger partial charge is 0.494 e. The van der Waals surface area contributed by atoms with Crippen LogP contribution >= 0.6 is 0 Å². The van der Waals surface area contributed by atoms with Gasteiger partial charge in [-0.05, 0) is 31.0 Å². The van der Waals surface area contributed by atoms with Crippen LogP contribution in [-0.2, 0) is 11.2 Å². The van der Waals surface area contributed by atoms with Gasteiger partial charge in [-0.3, -0.25) is 25.5 Å². The molecule has 0 aliphatic carbocycles. The predicted molar refractivity (Wildman–Crippen MR) is 106 cm³/mol. The summed E-state index contributed by atoms with van der Waals surface area (Å²) in [5.41, 5.74) is 7.59. The molecule has 144 valence electrons. The molecule has 7 nitrogen and oxygen atoms in total. The number of nitrogens with one attached hydrogen (secondary N) is 3. The van der Waals surface area contributed by atoms with Crippen LogP contribution in [0.15, 0.2) is 60.7 Å². The molecule has 1 heterocycles. The third kappa shape index (κ3) is 4.97. The number of H-pyrrole nitrogens is 1. The highest BCUT2D eigenvalue weighted by atomic mass is 16.5. The molecular weight excluding hydrogens is 356 g/mol. The monoisotopic (exact) mass is 378 g/mol. The molecule has 2 amide bonds. The minimum absolute atomic E-state index is 0.225. The first kappa shape index (κ1) is 19.2. The lowest BCUT2D eigenvalue weighted by Crippen LogP contribution is -2.41. The Morgan fingerprint density at radius 3 is 2.57 bits per heavy atom. The third-order valence-electron chi connectivity index (χ3n) is 4.10. The van der Waals surface area contributed by atoms with Crippen LogP contribution in [0.2, 0.25) is 0 Å². The predicted octanol–water partition coefficient (Wildman–Crippen LogP) is 2.87. The maximum atomic E-state index is 12.2. The van der Waals surface area contributed by atoms with Gasteiger partial charge in [0.1, 0.15) is 11.4 Å². The van der Waals surface area contributed by atoms with Gasteiger partial charge in [-0.2, -0.15) is 5.10 Å². The van der Waals surface area contributed by atoms with E-state index >= 15 is 0 Å². The maximum absolute atomic E-state index is 12.2. The number of rotatable bonds is 7. The number of aromatic nitrogens is 2. The molecule has 7 heteroatoms. The van der Waals surface area contributed by atoms with Gasteiger partial charge in [0, 0.05) is 12.0 Å². The zero-order chi connectivity index (χ0) is 19.8. The second kappa shape index (κ2) is 9.36. The van der Waals surface area contributed by atoms with Gasteiger partial charge >= 0.3 is 0 Å². The van der Waals surface area contributed by atoms with Gasteiger partial charge in [0.25, 0.3) is 5.91 Å². The average Bonchev–Trinajstić information content (AvgIpc) is 3.23. The van der Waals surface area contributed by atoms with Crippen molar-refractivity contribution in [3.8, 4) is 17.0 Å². The van der Waals surface area contributed by atoms with E-state index in [1.807, 2.05) is 61.5 Å². The Bertz CT molecular complexity index is 938. The van der Waals surface area contributed by atoms with Crippen molar-refractivity contribution in [3.63, 3.8) is 0 Å². The lowest BCUT2D eigenvalue weighted by atomic mass is 10.1. The quantitative estimate of drug-likeness (QED) is 0.551. The first-order chi connectivity index (χ1) is 13.7. The molecule has 28 heavy (non-hydrogen) atoms. The van der Waals surface area contributed by atoms with Gasteiger partial charge in [0.2, 0.25) is 5.91 Å². The number of carbonyl (C=O) groups excluding carboxylic acids is 2. The number of nitrogens with zero attached hydrogens (tertiary/aromatic N) is 1. The van der Waals surface area contributed by atoms with Crippen LogP contribution in [0.5, 0.6) is 5.75 Å². The van der Waals surface area contributed by atoms with E-state index in [0.717, 1.165) is 16.9 Å². The van der Waals surface area contributed by atoms with Gasteiger partial charge in [0.05, 0.1) is 12.3 Å². The van der Waals surface area contributed by atoms with Crippen LogP contribution in [0.25, 0.3) is 11.3 Å². The molecule has 0 saturated carbocycles. The number of hydrogen-bond acceptors (Lipinski definition) is 4. The first-order valence-electron chi connectivity index (χ1n) is 9.08. The summed E-state index contributed by atoms with van der Waals surface area (Å²) in [5, 5.41) is 6.80. The maximum Gasteiger partial charge on any atom is 0.287 e. The van der Waals surface area contributed by atoms with Crippen LogP contribution in [-0.4, -0.2) is 28.6 Å². The number of hydrazine groups is 1. The fourth-order valence-electron chi connectivity index (χ4n) is 2.71. The number of benzene rings is 2. The van der Waals surface area contributed by atoms with Gasteiger partial charge in [0.15, 0.2) is 0 Å². The minimum Gasteiger partial charge on any atom is -0.494 e. The van der Waals surface area contributed by atoms with Crippen molar-refractivity contribution in [1.29, 1.82) is 0 Å². The number of aryl methyl sites for hydroxylation is 1. The van der Waals surface area contributed by atoms with Crippen LogP contribution in [0, 0.1) is 0 Å². The van der Waals surface area contributed by atoms with Gasteiger partial charge in [-0.25, -0.2) is 0 Å². The zero-order valence-corrected chi connectivity index (χ0v) is 15.6.